The van der Waals surface area contributed by atoms with Gasteiger partial charge in [-0.2, -0.15) is 0 Å². The van der Waals surface area contributed by atoms with Gasteiger partial charge in [-0.05, 0) is 70.4 Å². The minimum Gasteiger partial charge on any atom is -0.497 e. The van der Waals surface area contributed by atoms with E-state index in [0.717, 1.165) is 36.9 Å². The molecule has 3 heterocycles. The molecule has 1 aliphatic carbocycles. The number of carbonyl (C=O) groups excluding carboxylic acids is 3. The van der Waals surface area contributed by atoms with Crippen molar-refractivity contribution >= 4 is 29.0 Å². The fourth-order valence-corrected chi connectivity index (χ4v) is 6.80. The third-order valence-electron chi connectivity index (χ3n) is 9.56. The van der Waals surface area contributed by atoms with Gasteiger partial charge >= 0.3 is 12.1 Å². The summed E-state index contributed by atoms with van der Waals surface area (Å²) in [5, 5.41) is 2.89. The van der Waals surface area contributed by atoms with Gasteiger partial charge in [-0.1, -0.05) is 41.0 Å². The Hall–Kier alpha value is -3.63. The summed E-state index contributed by atoms with van der Waals surface area (Å²) in [5.74, 6) is -0.0671. The number of benzene rings is 1. The summed E-state index contributed by atoms with van der Waals surface area (Å²) in [6, 6.07) is 3.66. The number of rotatable bonds is 3. The van der Waals surface area contributed by atoms with Crippen LogP contribution in [0.25, 0.3) is 11.0 Å². The molecule has 1 saturated heterocycles. The van der Waals surface area contributed by atoms with E-state index in [0.29, 0.717) is 30.0 Å². The number of aromatic nitrogens is 2. The van der Waals surface area contributed by atoms with Gasteiger partial charge in [-0.15, -0.1) is 0 Å². The van der Waals surface area contributed by atoms with E-state index in [1.54, 1.807) is 27.9 Å². The zero-order chi connectivity index (χ0) is 33.6. The second-order valence-electron chi connectivity index (χ2n) is 15.2. The lowest BCUT2D eigenvalue weighted by Gasteiger charge is -2.36. The molecule has 6 atom stereocenters. The van der Waals surface area contributed by atoms with Crippen LogP contribution in [0.2, 0.25) is 0 Å². The van der Waals surface area contributed by atoms with Crippen LogP contribution in [0.1, 0.15) is 93.2 Å². The van der Waals surface area contributed by atoms with Gasteiger partial charge in [-0.3, -0.25) is 4.79 Å². The predicted octanol–water partition coefficient (Wildman–Crippen LogP) is 5.61. The van der Waals surface area contributed by atoms with Gasteiger partial charge in [-0.25, -0.2) is 19.6 Å². The first kappa shape index (κ1) is 33.7. The average molecular weight is 639 g/mol. The second-order valence-corrected chi connectivity index (χ2v) is 15.2. The number of fused-ring (bicyclic) bond motifs is 5. The molecular weight excluding hydrogens is 588 g/mol. The number of methoxy groups -OCH3 is 1. The molecule has 0 radical (unpaired) electrons. The van der Waals surface area contributed by atoms with Crippen LogP contribution in [-0.2, 0) is 25.5 Å². The van der Waals surface area contributed by atoms with E-state index in [-0.39, 0.29) is 12.5 Å². The number of nitrogens with one attached hydrogen (secondary N) is 1. The smallest absolute Gasteiger partial charge is 0.408 e. The van der Waals surface area contributed by atoms with Crippen LogP contribution < -0.4 is 14.8 Å². The summed E-state index contributed by atoms with van der Waals surface area (Å²) in [4.78, 5) is 52.9. The molecule has 0 spiro atoms. The Balaban J connectivity index is 1.57. The van der Waals surface area contributed by atoms with Crippen LogP contribution in [0, 0.1) is 17.3 Å². The minimum absolute atomic E-state index is 0.103. The number of hydrogen-bond donors (Lipinski definition) is 1. The molecule has 2 bridgehead atoms. The van der Waals surface area contributed by atoms with Crippen molar-refractivity contribution in [1.29, 1.82) is 0 Å². The maximum absolute atomic E-state index is 14.5. The van der Waals surface area contributed by atoms with Crippen molar-refractivity contribution in [2.45, 2.75) is 123 Å². The highest BCUT2D eigenvalue weighted by Gasteiger charge is 2.57. The van der Waals surface area contributed by atoms with Crippen LogP contribution in [0.4, 0.5) is 4.79 Å². The molecule has 1 unspecified atom stereocenters. The first-order valence-electron chi connectivity index (χ1n) is 16.6. The highest BCUT2D eigenvalue weighted by molar-refractivity contribution is 5.91. The van der Waals surface area contributed by atoms with Gasteiger partial charge in [0, 0.05) is 17.9 Å². The lowest BCUT2D eigenvalue weighted by atomic mass is 9.85. The molecule has 2 amide bonds. The molecule has 11 nitrogen and oxygen atoms in total. The summed E-state index contributed by atoms with van der Waals surface area (Å²) < 4.78 is 24.0. The summed E-state index contributed by atoms with van der Waals surface area (Å²) in [7, 11) is 1.60. The van der Waals surface area contributed by atoms with Crippen molar-refractivity contribution in [3.05, 3.63) is 23.9 Å². The summed E-state index contributed by atoms with van der Waals surface area (Å²) >= 11 is 0. The molecule has 1 aromatic carbocycles. The Morgan fingerprint density at radius 1 is 1.11 bits per heavy atom. The van der Waals surface area contributed by atoms with Crippen molar-refractivity contribution in [3.63, 3.8) is 0 Å². The number of nitrogens with zero attached hydrogens (tertiary/aromatic N) is 3. The molecule has 252 valence electrons. The quantitative estimate of drug-likeness (QED) is 0.427. The van der Waals surface area contributed by atoms with E-state index < -0.39 is 58.7 Å². The summed E-state index contributed by atoms with van der Waals surface area (Å²) in [5.41, 5.74) is 0.102. The van der Waals surface area contributed by atoms with Crippen LogP contribution in [-0.4, -0.2) is 75.9 Å². The number of amides is 2. The van der Waals surface area contributed by atoms with Crippen molar-refractivity contribution in [1.82, 2.24) is 20.2 Å². The highest BCUT2D eigenvalue weighted by Crippen LogP contribution is 2.52. The van der Waals surface area contributed by atoms with E-state index in [4.69, 9.17) is 28.9 Å². The minimum atomic E-state index is -0.957. The zero-order valence-corrected chi connectivity index (χ0v) is 28.8. The molecule has 11 heteroatoms. The van der Waals surface area contributed by atoms with Crippen LogP contribution in [0.3, 0.4) is 0 Å². The number of carbonyl (C=O) groups is 3. The maximum atomic E-state index is 14.5. The fraction of sp³-hybridized carbons (Fsp3) is 0.686. The Labute approximate surface area is 272 Å². The Morgan fingerprint density at radius 3 is 2.50 bits per heavy atom. The first-order chi connectivity index (χ1) is 21.5. The number of ether oxygens (including phenoxy) is 4. The van der Waals surface area contributed by atoms with Gasteiger partial charge in [0.15, 0.2) is 0 Å². The van der Waals surface area contributed by atoms with Gasteiger partial charge in [0.2, 0.25) is 11.8 Å². The molecule has 1 saturated carbocycles. The molecule has 2 aromatic rings. The molecule has 2 aliphatic heterocycles. The van der Waals surface area contributed by atoms with E-state index in [2.05, 4.69) is 5.32 Å². The topological polar surface area (TPSA) is 129 Å². The van der Waals surface area contributed by atoms with Crippen LogP contribution in [0.15, 0.2) is 18.2 Å². The standard InChI is InChI=1S/C35H50N4O7/c1-10-35-18-21(35)13-11-12-14-24-29(37-25-17-22(43-9)15-16-23(25)36-24)44-26-19-39(27(20(26)2)31(41)45-34(6,7)8)30(40)28(33(3,4)5)38-32(42)46-35/h15-17,20-21,26-28H,10-14,18-19H2,1-9H3,(H,38,42)/t20-,21?,26+,27+,28-,35+/m1/s1. The van der Waals surface area contributed by atoms with Crippen molar-refractivity contribution < 1.29 is 33.3 Å². The van der Waals surface area contributed by atoms with E-state index >= 15 is 0 Å². The molecule has 46 heavy (non-hydrogen) atoms. The zero-order valence-electron chi connectivity index (χ0n) is 28.8. The second kappa shape index (κ2) is 12.5. The number of alkyl carbamates (subject to hydrolysis) is 1. The lowest BCUT2D eigenvalue weighted by molar-refractivity contribution is -0.165. The van der Waals surface area contributed by atoms with Gasteiger partial charge in [0.05, 0.1) is 24.7 Å². The molecular formula is C35H50N4O7. The van der Waals surface area contributed by atoms with Gasteiger partial charge in [0.25, 0.3) is 0 Å². The van der Waals surface area contributed by atoms with Crippen molar-refractivity contribution in [2.24, 2.45) is 17.3 Å². The number of aryl methyl sites for hydroxylation is 1. The molecule has 3 aliphatic rings. The maximum Gasteiger partial charge on any atom is 0.408 e. The van der Waals surface area contributed by atoms with E-state index in [1.165, 1.54) is 4.90 Å². The average Bonchev–Trinajstić information content (AvgIpc) is 3.55. The first-order valence-corrected chi connectivity index (χ1v) is 16.6. The predicted molar refractivity (Wildman–Crippen MR) is 173 cm³/mol. The van der Waals surface area contributed by atoms with Crippen molar-refractivity contribution in [2.75, 3.05) is 13.7 Å². The molecule has 5 rings (SSSR count). The Bertz CT molecular complexity index is 1480. The largest absolute Gasteiger partial charge is 0.497 e. The molecule has 1 aromatic heterocycles. The number of hydrogen-bond acceptors (Lipinski definition) is 9. The summed E-state index contributed by atoms with van der Waals surface area (Å²) in [6.45, 7) is 15.1. The SMILES string of the molecule is CC[C@]12CC1CCCCc1nc3ccc(OC)cc3nc1O[C@H]1CN(C(=O)[C@H](C(C)(C)C)NC(=O)O2)[C@H](C(=O)OC(C)(C)C)[C@@H]1C. The molecule has 1 N–H and O–H groups in total. The Morgan fingerprint density at radius 2 is 1.85 bits per heavy atom. The van der Waals surface area contributed by atoms with Gasteiger partial charge in [0.1, 0.15) is 40.8 Å². The van der Waals surface area contributed by atoms with Gasteiger partial charge < -0.3 is 29.2 Å². The monoisotopic (exact) mass is 638 g/mol. The highest BCUT2D eigenvalue weighted by atomic mass is 16.6. The van der Waals surface area contributed by atoms with E-state index in [9.17, 15) is 14.4 Å². The third-order valence-corrected chi connectivity index (χ3v) is 9.56. The summed E-state index contributed by atoms with van der Waals surface area (Å²) in [6.07, 6.45) is 3.63. The third kappa shape index (κ3) is 7.03. The fourth-order valence-electron chi connectivity index (χ4n) is 6.80. The number of esters is 1. The lowest BCUT2D eigenvalue weighted by Crippen LogP contribution is -2.58. The normalized spacial score (nSPS) is 29.1. The molecule has 2 fully saturated rings. The van der Waals surface area contributed by atoms with Crippen LogP contribution in [0.5, 0.6) is 11.6 Å². The van der Waals surface area contributed by atoms with Crippen molar-refractivity contribution in [3.8, 4) is 11.6 Å². The Kier molecular flexibility index (Phi) is 9.18. The van der Waals surface area contributed by atoms with E-state index in [1.807, 2.05) is 52.8 Å². The van der Waals surface area contributed by atoms with Crippen LogP contribution >= 0.6 is 0 Å².